The normalized spacial score (nSPS) is 18.1. The average molecular weight is 694 g/mol. The van der Waals surface area contributed by atoms with E-state index < -0.39 is 63.1 Å². The van der Waals surface area contributed by atoms with Crippen LogP contribution in [0.5, 0.6) is 11.9 Å². The summed E-state index contributed by atoms with van der Waals surface area (Å²) in [5, 5.41) is 4.60. The number of halogens is 7. The molecule has 3 aromatic rings. The summed E-state index contributed by atoms with van der Waals surface area (Å²) in [6, 6.07) is 0.978. The van der Waals surface area contributed by atoms with Crippen molar-refractivity contribution in [2.75, 3.05) is 51.4 Å². The topological polar surface area (TPSA) is 110 Å². The predicted molar refractivity (Wildman–Crippen MR) is 172 cm³/mol. The summed E-state index contributed by atoms with van der Waals surface area (Å²) in [4.78, 5) is 14.6. The molecule has 0 amide bonds. The van der Waals surface area contributed by atoms with Gasteiger partial charge in [-0.25, -0.2) is 18.2 Å². The third-order valence-corrected chi connectivity index (χ3v) is 8.06. The Morgan fingerprint density at radius 1 is 1.15 bits per heavy atom. The number of nitrogens with two attached hydrogens (primary N) is 1. The van der Waals surface area contributed by atoms with Gasteiger partial charge in [0.2, 0.25) is 5.88 Å². The number of nitrogen functional groups attached to an aromatic ring is 1. The third-order valence-electron chi connectivity index (χ3n) is 7.70. The van der Waals surface area contributed by atoms with Crippen LogP contribution in [0.4, 0.5) is 37.8 Å². The standard InChI is InChI=1S/C22H24ClF5N6O2.C7H12FN.C2H6/c1-5-9(2)36-20-12-18(33-21(35-4)34-19(12)31-7-6-30-3)16(25)17(32-20)10-8-11(29)15(24)14(23)13(10)22(26,27)28;8-6-4-7-2-1-3-9(7)5-6;1-2/h8-9,30H,5-7,29H2,1-4H3,(H,31,33,34);6-7H,1-5H2;1-2H3. The van der Waals surface area contributed by atoms with Crippen molar-refractivity contribution in [2.24, 2.45) is 0 Å². The van der Waals surface area contributed by atoms with Crippen molar-refractivity contribution in [3.05, 3.63) is 28.3 Å². The number of ether oxygens (including phenoxy) is 2. The molecule has 9 nitrogen and oxygen atoms in total. The Bertz CT molecular complexity index is 1500. The van der Waals surface area contributed by atoms with Gasteiger partial charge >= 0.3 is 12.2 Å². The van der Waals surface area contributed by atoms with E-state index in [9.17, 15) is 22.0 Å². The number of methoxy groups -OCH3 is 1. The van der Waals surface area contributed by atoms with Crippen LogP contribution in [-0.2, 0) is 6.18 Å². The van der Waals surface area contributed by atoms with E-state index in [1.165, 1.54) is 20.0 Å². The molecule has 262 valence electrons. The van der Waals surface area contributed by atoms with E-state index in [1.54, 1.807) is 14.0 Å². The highest BCUT2D eigenvalue weighted by Crippen LogP contribution is 2.46. The van der Waals surface area contributed by atoms with Gasteiger partial charge in [-0.15, -0.1) is 0 Å². The summed E-state index contributed by atoms with van der Waals surface area (Å²) in [5.74, 6) is -2.88. The number of hydrogen-bond donors (Lipinski definition) is 3. The van der Waals surface area contributed by atoms with Gasteiger partial charge in [0.1, 0.15) is 28.6 Å². The Morgan fingerprint density at radius 3 is 2.45 bits per heavy atom. The lowest BCUT2D eigenvalue weighted by Crippen LogP contribution is -2.22. The first kappa shape index (κ1) is 38.2. The summed E-state index contributed by atoms with van der Waals surface area (Å²) < 4.78 is 95.5. The second-order valence-electron chi connectivity index (χ2n) is 10.9. The zero-order valence-corrected chi connectivity index (χ0v) is 28.1. The van der Waals surface area contributed by atoms with Crippen LogP contribution in [0.15, 0.2) is 6.07 Å². The van der Waals surface area contributed by atoms with Gasteiger partial charge < -0.3 is 25.8 Å². The molecule has 2 aliphatic heterocycles. The van der Waals surface area contributed by atoms with Crippen molar-refractivity contribution in [3.63, 3.8) is 0 Å². The first-order valence-electron chi connectivity index (χ1n) is 15.5. The highest BCUT2D eigenvalue weighted by Gasteiger charge is 2.40. The van der Waals surface area contributed by atoms with Crippen LogP contribution in [0.1, 0.15) is 58.9 Å². The van der Waals surface area contributed by atoms with Gasteiger partial charge in [0.15, 0.2) is 11.6 Å². The fourth-order valence-electron chi connectivity index (χ4n) is 5.32. The minimum absolute atomic E-state index is 0.0109. The van der Waals surface area contributed by atoms with Gasteiger partial charge in [-0.1, -0.05) is 32.4 Å². The lowest BCUT2D eigenvalue weighted by Gasteiger charge is -2.20. The number of rotatable bonds is 9. The van der Waals surface area contributed by atoms with E-state index in [0.29, 0.717) is 38.2 Å². The van der Waals surface area contributed by atoms with Crippen LogP contribution in [0.3, 0.4) is 0 Å². The lowest BCUT2D eigenvalue weighted by molar-refractivity contribution is -0.137. The highest BCUT2D eigenvalue weighted by molar-refractivity contribution is 6.32. The molecule has 2 saturated heterocycles. The molecule has 16 heteroatoms. The molecular formula is C31H42ClF6N7O2. The molecule has 0 radical (unpaired) electrons. The number of benzene rings is 1. The lowest BCUT2D eigenvalue weighted by atomic mass is 10.0. The summed E-state index contributed by atoms with van der Waals surface area (Å²) in [7, 11) is 2.97. The number of fused-ring (bicyclic) bond motifs is 2. The van der Waals surface area contributed by atoms with E-state index in [4.69, 9.17) is 26.8 Å². The Hall–Kier alpha value is -3.30. The molecular weight excluding hydrogens is 652 g/mol. The molecule has 0 bridgehead atoms. The maximum absolute atomic E-state index is 15.9. The molecule has 5 rings (SSSR count). The van der Waals surface area contributed by atoms with Crippen LogP contribution in [0.25, 0.3) is 22.2 Å². The van der Waals surface area contributed by atoms with Crippen molar-refractivity contribution in [2.45, 2.75) is 77.9 Å². The molecule has 1 aromatic carbocycles. The smallest absolute Gasteiger partial charge is 0.418 e. The maximum atomic E-state index is 15.9. The van der Waals surface area contributed by atoms with E-state index in [-0.39, 0.29) is 23.1 Å². The minimum Gasteiger partial charge on any atom is -0.474 e. The maximum Gasteiger partial charge on any atom is 0.418 e. The minimum atomic E-state index is -5.16. The van der Waals surface area contributed by atoms with E-state index in [2.05, 4.69) is 30.5 Å². The SMILES string of the molecule is CC.CCC(C)Oc1nc(-c2cc(N)c(F)c(Cl)c2C(F)(F)F)c(F)c2nc(OC)nc(NCCNC)c12.FC1CC2CCCN2C1. The molecule has 3 atom stereocenters. The first-order chi connectivity index (χ1) is 22.3. The number of pyridine rings is 1. The summed E-state index contributed by atoms with van der Waals surface area (Å²) in [6.07, 6.45) is -2.31. The van der Waals surface area contributed by atoms with E-state index in [0.717, 1.165) is 13.0 Å². The van der Waals surface area contributed by atoms with Gasteiger partial charge in [-0.05, 0) is 52.3 Å². The number of hydrogen-bond acceptors (Lipinski definition) is 9. The average Bonchev–Trinajstić information content (AvgIpc) is 3.62. The van der Waals surface area contributed by atoms with Crippen molar-refractivity contribution in [1.29, 1.82) is 0 Å². The molecule has 2 aromatic heterocycles. The molecule has 0 aliphatic carbocycles. The Labute approximate surface area is 275 Å². The molecule has 0 spiro atoms. The second kappa shape index (κ2) is 16.7. The van der Waals surface area contributed by atoms with Gasteiger partial charge in [-0.3, -0.25) is 4.90 Å². The predicted octanol–water partition coefficient (Wildman–Crippen LogP) is 7.26. The van der Waals surface area contributed by atoms with Crippen LogP contribution >= 0.6 is 11.6 Å². The van der Waals surface area contributed by atoms with E-state index >= 15 is 4.39 Å². The number of alkyl halides is 4. The second-order valence-corrected chi connectivity index (χ2v) is 11.2. The third kappa shape index (κ3) is 8.79. The van der Waals surface area contributed by atoms with Crippen LogP contribution in [-0.4, -0.2) is 78.5 Å². The monoisotopic (exact) mass is 693 g/mol. The van der Waals surface area contributed by atoms with Crippen molar-refractivity contribution in [1.82, 2.24) is 25.2 Å². The number of likely N-dealkylation sites (N-methyl/N-ethyl adjacent to an activating group) is 1. The van der Waals surface area contributed by atoms with E-state index in [1.807, 2.05) is 20.8 Å². The zero-order chi connectivity index (χ0) is 35.1. The summed E-state index contributed by atoms with van der Waals surface area (Å²) in [5.41, 5.74) is 1.06. The number of nitrogens with one attached hydrogen (secondary N) is 2. The molecule has 3 unspecified atom stereocenters. The molecule has 2 fully saturated rings. The highest BCUT2D eigenvalue weighted by atomic mass is 35.5. The first-order valence-corrected chi connectivity index (χ1v) is 15.9. The molecule has 4 heterocycles. The van der Waals surface area contributed by atoms with Crippen LogP contribution in [0, 0.1) is 11.6 Å². The van der Waals surface area contributed by atoms with Crippen molar-refractivity contribution in [3.8, 4) is 23.1 Å². The number of anilines is 2. The van der Waals surface area contributed by atoms with Crippen molar-refractivity contribution >= 4 is 34.0 Å². The summed E-state index contributed by atoms with van der Waals surface area (Å²) >= 11 is 5.68. The number of nitrogens with zero attached hydrogens (tertiary/aromatic N) is 4. The Morgan fingerprint density at radius 2 is 1.85 bits per heavy atom. The molecule has 2 aliphatic rings. The van der Waals surface area contributed by atoms with Crippen LogP contribution in [0.2, 0.25) is 5.02 Å². The molecule has 47 heavy (non-hydrogen) atoms. The van der Waals surface area contributed by atoms with Crippen LogP contribution < -0.4 is 25.8 Å². The van der Waals surface area contributed by atoms with Gasteiger partial charge in [0.25, 0.3) is 0 Å². The zero-order valence-electron chi connectivity index (χ0n) is 27.3. The largest absolute Gasteiger partial charge is 0.474 e. The Kier molecular flexibility index (Phi) is 13.5. The van der Waals surface area contributed by atoms with Gasteiger partial charge in [-0.2, -0.15) is 23.1 Å². The fraction of sp³-hybridized carbons (Fsp3) is 0.581. The van der Waals surface area contributed by atoms with Gasteiger partial charge in [0, 0.05) is 31.2 Å². The number of aromatic nitrogens is 3. The fourth-order valence-corrected chi connectivity index (χ4v) is 5.64. The van der Waals surface area contributed by atoms with Crippen molar-refractivity contribution < 1.29 is 35.8 Å². The Balaban J connectivity index is 0.000000458. The molecule has 4 N–H and O–H groups in total. The summed E-state index contributed by atoms with van der Waals surface area (Å²) in [6.45, 7) is 10.2. The molecule has 0 saturated carbocycles. The van der Waals surface area contributed by atoms with Gasteiger partial charge in [0.05, 0.1) is 29.5 Å². The quantitative estimate of drug-likeness (QED) is 0.121.